The lowest BCUT2D eigenvalue weighted by Gasteiger charge is -2.33. The van der Waals surface area contributed by atoms with Crippen molar-refractivity contribution in [3.05, 3.63) is 78.3 Å². The number of amides is 2. The van der Waals surface area contributed by atoms with E-state index in [0.717, 1.165) is 42.7 Å². The minimum atomic E-state index is 0.0582. The summed E-state index contributed by atoms with van der Waals surface area (Å²) in [6.07, 6.45) is 6.87. The highest BCUT2D eigenvalue weighted by molar-refractivity contribution is 5.94. The Morgan fingerprint density at radius 2 is 1.88 bits per heavy atom. The van der Waals surface area contributed by atoms with Crippen molar-refractivity contribution in [1.82, 2.24) is 15.2 Å². The molecule has 3 aromatic rings. The molecule has 2 aromatic heterocycles. The third-order valence-electron chi connectivity index (χ3n) is 6.90. The highest BCUT2D eigenvalue weighted by atomic mass is 16.3. The highest BCUT2D eigenvalue weighted by Gasteiger charge is 2.58. The normalized spacial score (nSPS) is 19.0. The Labute approximate surface area is 187 Å². The van der Waals surface area contributed by atoms with Crippen molar-refractivity contribution in [3.8, 4) is 11.3 Å². The van der Waals surface area contributed by atoms with Gasteiger partial charge in [0.05, 0.1) is 6.26 Å². The van der Waals surface area contributed by atoms with Crippen LogP contribution in [0.1, 0.15) is 35.3 Å². The first kappa shape index (κ1) is 20.5. The van der Waals surface area contributed by atoms with E-state index < -0.39 is 0 Å². The van der Waals surface area contributed by atoms with E-state index in [1.165, 1.54) is 0 Å². The Morgan fingerprint density at radius 1 is 1.06 bits per heavy atom. The first-order chi connectivity index (χ1) is 15.6. The molecule has 1 N–H and O–H groups in total. The minimum Gasteiger partial charge on any atom is -0.464 e. The summed E-state index contributed by atoms with van der Waals surface area (Å²) < 4.78 is 5.41. The van der Waals surface area contributed by atoms with Crippen molar-refractivity contribution in [1.29, 1.82) is 0 Å². The van der Waals surface area contributed by atoms with E-state index in [4.69, 9.17) is 4.42 Å². The standard InChI is InChI=1S/C26H27N3O3/c30-24(28-14-10-21-4-1-2-13-27-21)22-18-26(22)11-15-29(16-12-26)25(31)20-8-6-19(7-9-20)23-5-3-17-32-23/h1-9,13,17,22H,10-12,14-16,18H2,(H,28,30)/t22-/m0/s1. The summed E-state index contributed by atoms with van der Waals surface area (Å²) in [5.41, 5.74) is 2.71. The predicted molar refractivity (Wildman–Crippen MR) is 121 cm³/mol. The molecule has 1 saturated heterocycles. The van der Waals surface area contributed by atoms with Crippen molar-refractivity contribution in [3.63, 3.8) is 0 Å². The maximum atomic E-state index is 12.9. The fourth-order valence-corrected chi connectivity index (χ4v) is 4.81. The topological polar surface area (TPSA) is 75.4 Å². The summed E-state index contributed by atoms with van der Waals surface area (Å²) in [5.74, 6) is 1.08. The number of furan rings is 1. The van der Waals surface area contributed by atoms with Crippen LogP contribution in [0.15, 0.2) is 71.5 Å². The van der Waals surface area contributed by atoms with Gasteiger partial charge in [0.2, 0.25) is 5.91 Å². The summed E-state index contributed by atoms with van der Waals surface area (Å²) in [6, 6.07) is 17.1. The predicted octanol–water partition coefficient (Wildman–Crippen LogP) is 3.94. The van der Waals surface area contributed by atoms with Crippen molar-refractivity contribution in [2.75, 3.05) is 19.6 Å². The molecule has 2 aliphatic rings. The summed E-state index contributed by atoms with van der Waals surface area (Å²) in [7, 11) is 0. The number of hydrogen-bond acceptors (Lipinski definition) is 4. The van der Waals surface area contributed by atoms with Crippen LogP contribution in [-0.4, -0.2) is 41.3 Å². The molecule has 1 atom stereocenters. The third-order valence-corrected chi connectivity index (χ3v) is 6.90. The largest absolute Gasteiger partial charge is 0.464 e. The lowest BCUT2D eigenvalue weighted by atomic mass is 9.90. The van der Waals surface area contributed by atoms with Crippen molar-refractivity contribution < 1.29 is 14.0 Å². The molecule has 32 heavy (non-hydrogen) atoms. The van der Waals surface area contributed by atoms with Gasteiger partial charge in [-0.1, -0.05) is 18.2 Å². The summed E-state index contributed by atoms with van der Waals surface area (Å²) in [6.45, 7) is 2.02. The molecule has 6 heteroatoms. The zero-order chi connectivity index (χ0) is 22.0. The van der Waals surface area contributed by atoms with E-state index in [2.05, 4.69) is 10.3 Å². The zero-order valence-corrected chi connectivity index (χ0v) is 18.0. The lowest BCUT2D eigenvalue weighted by molar-refractivity contribution is -0.123. The number of carbonyl (C=O) groups excluding carboxylic acids is 2. The number of nitrogens with one attached hydrogen (secondary N) is 1. The molecule has 0 bridgehead atoms. The van der Waals surface area contributed by atoms with Gasteiger partial charge >= 0.3 is 0 Å². The van der Waals surface area contributed by atoms with Crippen LogP contribution in [-0.2, 0) is 11.2 Å². The molecular weight excluding hydrogens is 402 g/mol. The maximum Gasteiger partial charge on any atom is 0.253 e. The fraction of sp³-hybridized carbons (Fsp3) is 0.346. The molecule has 0 radical (unpaired) electrons. The summed E-state index contributed by atoms with van der Waals surface area (Å²) in [4.78, 5) is 31.8. The quantitative estimate of drug-likeness (QED) is 0.644. The molecule has 1 aliphatic heterocycles. The molecule has 1 spiro atoms. The first-order valence-corrected chi connectivity index (χ1v) is 11.3. The van der Waals surface area contributed by atoms with Crippen molar-refractivity contribution in [2.24, 2.45) is 11.3 Å². The van der Waals surface area contributed by atoms with Gasteiger partial charge in [-0.2, -0.15) is 0 Å². The van der Waals surface area contributed by atoms with Gasteiger partial charge < -0.3 is 14.6 Å². The van der Waals surface area contributed by atoms with E-state index in [1.807, 2.05) is 59.5 Å². The van der Waals surface area contributed by atoms with Crippen molar-refractivity contribution in [2.45, 2.75) is 25.7 Å². The Kier molecular flexibility index (Phi) is 5.52. The monoisotopic (exact) mass is 429 g/mol. The third kappa shape index (κ3) is 4.17. The fourth-order valence-electron chi connectivity index (χ4n) is 4.81. The van der Waals surface area contributed by atoms with Gasteiger partial charge in [-0.05, 0) is 61.1 Å². The number of rotatable bonds is 6. The molecular formula is C26H27N3O3. The first-order valence-electron chi connectivity index (χ1n) is 11.3. The van der Waals surface area contributed by atoms with Gasteiger partial charge in [0, 0.05) is 55.0 Å². The Hall–Kier alpha value is -3.41. The van der Waals surface area contributed by atoms with Gasteiger partial charge in [-0.15, -0.1) is 0 Å². The molecule has 164 valence electrons. The number of hydrogen-bond donors (Lipinski definition) is 1. The molecule has 1 aliphatic carbocycles. The van der Waals surface area contributed by atoms with Crippen LogP contribution in [0.25, 0.3) is 11.3 Å². The second-order valence-corrected chi connectivity index (χ2v) is 8.83. The molecule has 1 aromatic carbocycles. The van der Waals surface area contributed by atoms with E-state index in [9.17, 15) is 9.59 Å². The second kappa shape index (κ2) is 8.61. The molecule has 6 nitrogen and oxygen atoms in total. The Balaban J connectivity index is 1.10. The molecule has 5 rings (SSSR count). The second-order valence-electron chi connectivity index (χ2n) is 8.83. The van der Waals surface area contributed by atoms with Crippen molar-refractivity contribution >= 4 is 11.8 Å². The van der Waals surface area contributed by atoms with Crippen LogP contribution >= 0.6 is 0 Å². The molecule has 2 amide bonds. The average Bonchev–Trinajstić information content (AvgIpc) is 3.26. The van der Waals surface area contributed by atoms with Crippen LogP contribution in [0.5, 0.6) is 0 Å². The summed E-state index contributed by atoms with van der Waals surface area (Å²) >= 11 is 0. The van der Waals surface area contributed by atoms with Crippen LogP contribution < -0.4 is 5.32 Å². The number of likely N-dealkylation sites (tertiary alicyclic amines) is 1. The van der Waals surface area contributed by atoms with E-state index in [-0.39, 0.29) is 23.1 Å². The lowest BCUT2D eigenvalue weighted by Crippen LogP contribution is -2.40. The van der Waals surface area contributed by atoms with Gasteiger partial charge in [0.25, 0.3) is 5.91 Å². The minimum absolute atomic E-state index is 0.0582. The summed E-state index contributed by atoms with van der Waals surface area (Å²) in [5, 5.41) is 3.07. The van der Waals surface area contributed by atoms with E-state index >= 15 is 0 Å². The maximum absolute atomic E-state index is 12.9. The Bertz CT molecular complexity index is 1070. The zero-order valence-electron chi connectivity index (χ0n) is 18.0. The SMILES string of the molecule is O=C(NCCc1ccccn1)[C@@H]1CC12CCN(C(=O)c1ccc(-c3ccco3)cc1)CC2. The molecule has 3 heterocycles. The molecule has 2 fully saturated rings. The van der Waals surface area contributed by atoms with Gasteiger partial charge in [-0.25, -0.2) is 0 Å². The Morgan fingerprint density at radius 3 is 2.56 bits per heavy atom. The van der Waals surface area contributed by atoms with Gasteiger partial charge in [0.15, 0.2) is 0 Å². The smallest absolute Gasteiger partial charge is 0.253 e. The molecule has 0 unspecified atom stereocenters. The number of nitrogens with zero attached hydrogens (tertiary/aromatic N) is 2. The van der Waals surface area contributed by atoms with E-state index in [1.54, 1.807) is 12.5 Å². The highest BCUT2D eigenvalue weighted by Crippen LogP contribution is 2.59. The van der Waals surface area contributed by atoms with Crippen LogP contribution in [0.3, 0.4) is 0 Å². The number of aromatic nitrogens is 1. The number of benzene rings is 1. The van der Waals surface area contributed by atoms with Gasteiger partial charge in [0.1, 0.15) is 5.76 Å². The van der Waals surface area contributed by atoms with E-state index in [0.29, 0.717) is 25.2 Å². The van der Waals surface area contributed by atoms with Gasteiger partial charge in [-0.3, -0.25) is 14.6 Å². The average molecular weight is 430 g/mol. The van der Waals surface area contributed by atoms with Crippen LogP contribution in [0, 0.1) is 11.3 Å². The van der Waals surface area contributed by atoms with Crippen LogP contribution in [0.2, 0.25) is 0 Å². The number of piperidine rings is 1. The number of pyridine rings is 1. The molecule has 1 saturated carbocycles. The van der Waals surface area contributed by atoms with Crippen LogP contribution in [0.4, 0.5) is 0 Å². The number of carbonyl (C=O) groups is 2.